The minimum absolute atomic E-state index is 0.0668. The summed E-state index contributed by atoms with van der Waals surface area (Å²) in [6.45, 7) is 6.35. The minimum Gasteiger partial charge on any atom is -0.486 e. The van der Waals surface area contributed by atoms with Crippen LogP contribution in [0.2, 0.25) is 0 Å². The summed E-state index contributed by atoms with van der Waals surface area (Å²) in [4.78, 5) is 33.3. The van der Waals surface area contributed by atoms with E-state index in [0.717, 1.165) is 0 Å². The van der Waals surface area contributed by atoms with Gasteiger partial charge >= 0.3 is 11.9 Å². The predicted molar refractivity (Wildman–Crippen MR) is 80.4 cm³/mol. The fraction of sp³-hybridized carbons (Fsp3) is 0.688. The van der Waals surface area contributed by atoms with E-state index in [1.165, 1.54) is 13.8 Å². The third-order valence-corrected chi connectivity index (χ3v) is 3.81. The number of esters is 2. The molecule has 0 aromatic rings. The van der Waals surface area contributed by atoms with Gasteiger partial charge in [0.15, 0.2) is 12.0 Å². The molecular formula is C16H24O7. The number of carbonyl (C=O) groups is 3. The second-order valence-corrected chi connectivity index (χ2v) is 6.04. The van der Waals surface area contributed by atoms with E-state index in [-0.39, 0.29) is 24.9 Å². The summed E-state index contributed by atoms with van der Waals surface area (Å²) in [5.74, 6) is -0.769. The van der Waals surface area contributed by atoms with Crippen LogP contribution < -0.4 is 0 Å². The Morgan fingerprint density at radius 2 is 2.00 bits per heavy atom. The van der Waals surface area contributed by atoms with Crippen LogP contribution in [-0.2, 0) is 33.3 Å². The van der Waals surface area contributed by atoms with Crippen LogP contribution in [0, 0.1) is 5.41 Å². The fourth-order valence-corrected chi connectivity index (χ4v) is 2.53. The number of ether oxygens (including phenoxy) is 4. The smallest absolute Gasteiger partial charge is 0.303 e. The molecule has 7 heteroatoms. The first-order chi connectivity index (χ1) is 10.7. The number of hydrogen-bond donors (Lipinski definition) is 0. The first kappa shape index (κ1) is 19.2. The van der Waals surface area contributed by atoms with Crippen LogP contribution in [-0.4, -0.2) is 50.3 Å². The minimum atomic E-state index is -0.663. The largest absolute Gasteiger partial charge is 0.486 e. The Kier molecular flexibility index (Phi) is 6.75. The van der Waals surface area contributed by atoms with Gasteiger partial charge in [0, 0.05) is 32.8 Å². The first-order valence-electron chi connectivity index (χ1n) is 7.37. The third kappa shape index (κ3) is 5.35. The molecule has 0 aliphatic carbocycles. The highest BCUT2D eigenvalue weighted by Crippen LogP contribution is 2.38. The highest BCUT2D eigenvalue weighted by molar-refractivity contribution is 5.70. The van der Waals surface area contributed by atoms with E-state index in [2.05, 4.69) is 0 Å². The average Bonchev–Trinajstić information content (AvgIpc) is 2.45. The van der Waals surface area contributed by atoms with E-state index in [4.69, 9.17) is 18.9 Å². The second kappa shape index (κ2) is 8.10. The molecule has 0 saturated carbocycles. The van der Waals surface area contributed by atoms with Crippen molar-refractivity contribution in [1.82, 2.24) is 0 Å². The molecule has 0 fully saturated rings. The van der Waals surface area contributed by atoms with Crippen LogP contribution in [0.5, 0.6) is 0 Å². The van der Waals surface area contributed by atoms with Gasteiger partial charge in [-0.1, -0.05) is 13.8 Å². The molecule has 0 amide bonds. The van der Waals surface area contributed by atoms with Gasteiger partial charge < -0.3 is 18.9 Å². The van der Waals surface area contributed by atoms with Crippen molar-refractivity contribution in [2.75, 3.05) is 13.7 Å². The molecule has 0 aromatic heterocycles. The molecule has 0 bridgehead atoms. The molecule has 0 radical (unpaired) electrons. The van der Waals surface area contributed by atoms with Gasteiger partial charge in [-0.05, 0) is 6.08 Å². The van der Waals surface area contributed by atoms with E-state index >= 15 is 0 Å². The molecule has 1 heterocycles. The number of allylic oxidation sites excluding steroid dienone is 1. The lowest BCUT2D eigenvalue weighted by atomic mass is 9.76. The predicted octanol–water partition coefficient (Wildman–Crippen LogP) is 1.39. The number of methoxy groups -OCH3 is 1. The average molecular weight is 328 g/mol. The van der Waals surface area contributed by atoms with E-state index in [9.17, 15) is 14.4 Å². The van der Waals surface area contributed by atoms with Crippen molar-refractivity contribution >= 4 is 18.2 Å². The summed E-state index contributed by atoms with van der Waals surface area (Å²) in [6, 6.07) is 0. The van der Waals surface area contributed by atoms with Gasteiger partial charge in [0.05, 0.1) is 6.10 Å². The van der Waals surface area contributed by atoms with E-state index in [1.807, 2.05) is 13.8 Å². The molecule has 0 unspecified atom stereocenters. The highest BCUT2D eigenvalue weighted by Gasteiger charge is 2.43. The third-order valence-electron chi connectivity index (χ3n) is 3.81. The second-order valence-electron chi connectivity index (χ2n) is 6.04. The Bertz CT molecular complexity index is 481. The molecule has 0 aromatic carbocycles. The van der Waals surface area contributed by atoms with Crippen molar-refractivity contribution in [3.63, 3.8) is 0 Å². The van der Waals surface area contributed by atoms with E-state index in [0.29, 0.717) is 6.29 Å². The maximum Gasteiger partial charge on any atom is 0.303 e. The Balaban J connectivity index is 2.91. The summed E-state index contributed by atoms with van der Waals surface area (Å²) < 4.78 is 21.2. The Morgan fingerprint density at radius 3 is 2.48 bits per heavy atom. The van der Waals surface area contributed by atoms with Gasteiger partial charge in [-0.2, -0.15) is 0 Å². The lowest BCUT2D eigenvalue weighted by molar-refractivity contribution is -0.162. The summed E-state index contributed by atoms with van der Waals surface area (Å²) in [6.07, 6.45) is 1.07. The Labute approximate surface area is 135 Å². The van der Waals surface area contributed by atoms with Crippen LogP contribution in [0.1, 0.15) is 34.1 Å². The molecule has 7 nitrogen and oxygen atoms in total. The van der Waals surface area contributed by atoms with Crippen LogP contribution in [0.25, 0.3) is 0 Å². The molecule has 1 aliphatic heterocycles. The summed E-state index contributed by atoms with van der Waals surface area (Å²) in [7, 11) is 1.55. The van der Waals surface area contributed by atoms with E-state index in [1.54, 1.807) is 13.2 Å². The van der Waals surface area contributed by atoms with Crippen molar-refractivity contribution in [2.24, 2.45) is 5.41 Å². The van der Waals surface area contributed by atoms with Gasteiger partial charge in [0.1, 0.15) is 18.8 Å². The zero-order chi connectivity index (χ0) is 17.6. The van der Waals surface area contributed by atoms with Gasteiger partial charge in [-0.3, -0.25) is 14.4 Å². The summed E-state index contributed by atoms with van der Waals surface area (Å²) in [5.41, 5.74) is -0.462. The zero-order valence-corrected chi connectivity index (χ0v) is 14.2. The molecule has 130 valence electrons. The van der Waals surface area contributed by atoms with Crippen molar-refractivity contribution in [3.8, 4) is 0 Å². The highest BCUT2D eigenvalue weighted by atomic mass is 16.6. The van der Waals surface area contributed by atoms with Gasteiger partial charge in [0.25, 0.3) is 0 Å². The maximum atomic E-state index is 11.2. The lowest BCUT2D eigenvalue weighted by Gasteiger charge is -2.43. The van der Waals surface area contributed by atoms with Crippen LogP contribution >= 0.6 is 0 Å². The molecule has 1 aliphatic rings. The maximum absolute atomic E-state index is 11.2. The van der Waals surface area contributed by atoms with Crippen molar-refractivity contribution < 1.29 is 33.3 Å². The standard InChI is InChI=1S/C16H24O7/c1-10(18)21-9-13(22-11(2)19)7-15-16(3,4)14(20-5)6-12(8-17)23-15/h6,8,13-15H,7,9H2,1-5H3/t13-,14-,15-/m1/s1. The van der Waals surface area contributed by atoms with Crippen molar-refractivity contribution in [1.29, 1.82) is 0 Å². The van der Waals surface area contributed by atoms with Gasteiger partial charge in [-0.25, -0.2) is 0 Å². The number of carbonyl (C=O) groups excluding carboxylic acids is 3. The monoisotopic (exact) mass is 328 g/mol. The SMILES string of the molecule is CO[C@@H]1C=C(C=O)O[C@H](C[C@H](COC(C)=O)OC(C)=O)C1(C)C. The Hall–Kier alpha value is -1.89. The fourth-order valence-electron chi connectivity index (χ4n) is 2.53. The number of rotatable bonds is 7. The van der Waals surface area contributed by atoms with Gasteiger partial charge in [0.2, 0.25) is 0 Å². The number of aldehydes is 1. The van der Waals surface area contributed by atoms with Crippen LogP contribution in [0.15, 0.2) is 11.8 Å². The van der Waals surface area contributed by atoms with Crippen molar-refractivity contribution in [3.05, 3.63) is 11.8 Å². The van der Waals surface area contributed by atoms with Crippen LogP contribution in [0.4, 0.5) is 0 Å². The quantitative estimate of drug-likeness (QED) is 0.515. The van der Waals surface area contributed by atoms with Crippen LogP contribution in [0.3, 0.4) is 0 Å². The normalized spacial score (nSPS) is 24.0. The van der Waals surface area contributed by atoms with Gasteiger partial charge in [-0.15, -0.1) is 0 Å². The molecule has 1 rings (SSSR count). The first-order valence-corrected chi connectivity index (χ1v) is 7.37. The van der Waals surface area contributed by atoms with E-state index < -0.39 is 29.6 Å². The lowest BCUT2D eigenvalue weighted by Crippen LogP contribution is -2.47. The number of hydrogen-bond acceptors (Lipinski definition) is 7. The zero-order valence-electron chi connectivity index (χ0n) is 14.2. The molecule has 3 atom stereocenters. The van der Waals surface area contributed by atoms with Crippen molar-refractivity contribution in [2.45, 2.75) is 52.4 Å². The Morgan fingerprint density at radius 1 is 1.35 bits per heavy atom. The summed E-state index contributed by atoms with van der Waals surface area (Å²) >= 11 is 0. The molecule has 23 heavy (non-hydrogen) atoms. The molecule has 0 spiro atoms. The molecule has 0 saturated heterocycles. The molecule has 0 N–H and O–H groups in total. The topological polar surface area (TPSA) is 88.1 Å². The molecular weight excluding hydrogens is 304 g/mol. The summed E-state index contributed by atoms with van der Waals surface area (Å²) in [5, 5.41) is 0.